The molecule has 0 aliphatic carbocycles. The van der Waals surface area contributed by atoms with Crippen LogP contribution in [0.1, 0.15) is 5.56 Å². The molecule has 2 rings (SSSR count). The molecule has 1 aromatic carbocycles. The summed E-state index contributed by atoms with van der Waals surface area (Å²) in [7, 11) is 0. The Labute approximate surface area is 104 Å². The third kappa shape index (κ3) is 4.29. The molecule has 1 saturated heterocycles. The minimum absolute atomic E-state index is 0.270. The van der Waals surface area contributed by atoms with Gasteiger partial charge < -0.3 is 0 Å². The summed E-state index contributed by atoms with van der Waals surface area (Å²) in [5.74, 6) is 0. The fourth-order valence-corrected chi connectivity index (χ4v) is 1.97. The Kier molecular flexibility index (Phi) is 4.21. The third-order valence-electron chi connectivity index (χ3n) is 2.81. The number of nitrogens with zero attached hydrogens (tertiary/aromatic N) is 2. The van der Waals surface area contributed by atoms with E-state index < -0.39 is 6.36 Å². The fourth-order valence-electron chi connectivity index (χ4n) is 1.97. The van der Waals surface area contributed by atoms with Crippen molar-refractivity contribution in [3.8, 4) is 0 Å². The molecular formula is C12H15F3N2O. The van der Waals surface area contributed by atoms with Crippen molar-refractivity contribution in [1.29, 1.82) is 0 Å². The lowest BCUT2D eigenvalue weighted by Crippen LogP contribution is -2.47. The minimum Gasteiger partial charge on any atom is -0.296 e. The Morgan fingerprint density at radius 1 is 1.00 bits per heavy atom. The number of hydroxylamine groups is 2. The molecule has 1 heterocycles. The second-order valence-electron chi connectivity index (χ2n) is 4.23. The van der Waals surface area contributed by atoms with Crippen LogP contribution in [0, 0.1) is 0 Å². The van der Waals surface area contributed by atoms with Crippen LogP contribution in [0.25, 0.3) is 0 Å². The van der Waals surface area contributed by atoms with E-state index in [4.69, 9.17) is 0 Å². The summed E-state index contributed by atoms with van der Waals surface area (Å²) in [6.07, 6.45) is -4.58. The summed E-state index contributed by atoms with van der Waals surface area (Å²) in [6, 6.07) is 9.88. The second kappa shape index (κ2) is 5.69. The van der Waals surface area contributed by atoms with Gasteiger partial charge in [0, 0.05) is 32.7 Å². The van der Waals surface area contributed by atoms with E-state index in [-0.39, 0.29) is 13.1 Å². The van der Waals surface area contributed by atoms with Crippen molar-refractivity contribution >= 4 is 0 Å². The van der Waals surface area contributed by atoms with Crippen LogP contribution in [0.2, 0.25) is 0 Å². The summed E-state index contributed by atoms with van der Waals surface area (Å²) >= 11 is 0. The van der Waals surface area contributed by atoms with Gasteiger partial charge in [0.1, 0.15) is 0 Å². The normalized spacial score (nSPS) is 19.1. The molecule has 6 heteroatoms. The molecule has 3 nitrogen and oxygen atoms in total. The zero-order chi connectivity index (χ0) is 13.0. The zero-order valence-electron chi connectivity index (χ0n) is 9.86. The van der Waals surface area contributed by atoms with E-state index in [1.165, 1.54) is 5.56 Å². The largest absolute Gasteiger partial charge is 0.539 e. The van der Waals surface area contributed by atoms with Crippen LogP contribution in [-0.2, 0) is 11.4 Å². The van der Waals surface area contributed by atoms with Gasteiger partial charge in [-0.05, 0) is 5.56 Å². The highest BCUT2D eigenvalue weighted by Crippen LogP contribution is 2.19. The molecule has 1 aliphatic rings. The van der Waals surface area contributed by atoms with E-state index >= 15 is 0 Å². The highest BCUT2D eigenvalue weighted by molar-refractivity contribution is 5.14. The van der Waals surface area contributed by atoms with Crippen LogP contribution in [-0.4, -0.2) is 42.5 Å². The van der Waals surface area contributed by atoms with Gasteiger partial charge in [-0.3, -0.25) is 4.90 Å². The summed E-state index contributed by atoms with van der Waals surface area (Å²) in [6.45, 7) is 2.45. The Bertz CT molecular complexity index is 361. The van der Waals surface area contributed by atoms with Crippen molar-refractivity contribution in [3.05, 3.63) is 35.9 Å². The van der Waals surface area contributed by atoms with Gasteiger partial charge in [0.15, 0.2) is 0 Å². The van der Waals surface area contributed by atoms with Gasteiger partial charge in [0.05, 0.1) is 0 Å². The number of hydrogen-bond donors (Lipinski definition) is 0. The highest BCUT2D eigenvalue weighted by Gasteiger charge is 2.34. The third-order valence-corrected chi connectivity index (χ3v) is 2.81. The summed E-state index contributed by atoms with van der Waals surface area (Å²) in [4.78, 5) is 6.00. The SMILES string of the molecule is FC(F)(F)ON1CCN(Cc2ccccc2)CC1. The van der Waals surface area contributed by atoms with E-state index in [2.05, 4.69) is 9.74 Å². The number of rotatable bonds is 3. The van der Waals surface area contributed by atoms with Gasteiger partial charge in [-0.2, -0.15) is 5.06 Å². The lowest BCUT2D eigenvalue weighted by atomic mass is 10.2. The molecule has 1 fully saturated rings. The Morgan fingerprint density at radius 2 is 1.61 bits per heavy atom. The van der Waals surface area contributed by atoms with E-state index in [1.807, 2.05) is 30.3 Å². The molecule has 0 radical (unpaired) electrons. The number of halogens is 3. The Morgan fingerprint density at radius 3 is 2.17 bits per heavy atom. The molecule has 0 bridgehead atoms. The molecule has 0 unspecified atom stereocenters. The van der Waals surface area contributed by atoms with Crippen molar-refractivity contribution in [2.24, 2.45) is 0 Å². The van der Waals surface area contributed by atoms with Gasteiger partial charge in [-0.25, -0.2) is 4.84 Å². The van der Waals surface area contributed by atoms with Crippen molar-refractivity contribution in [2.75, 3.05) is 26.2 Å². The van der Waals surface area contributed by atoms with Crippen molar-refractivity contribution in [1.82, 2.24) is 9.96 Å². The standard InChI is InChI=1S/C12H15F3N2O/c13-12(14,15)18-17-8-6-16(7-9-17)10-11-4-2-1-3-5-11/h1-5H,6-10H2. The van der Waals surface area contributed by atoms with Crippen LogP contribution >= 0.6 is 0 Å². The Balaban J connectivity index is 1.77. The summed E-state index contributed by atoms with van der Waals surface area (Å²) in [5.41, 5.74) is 1.17. The molecular weight excluding hydrogens is 245 g/mol. The van der Waals surface area contributed by atoms with Crippen LogP contribution in [0.5, 0.6) is 0 Å². The maximum absolute atomic E-state index is 12.0. The average molecular weight is 260 g/mol. The maximum Gasteiger partial charge on any atom is 0.539 e. The number of hydrogen-bond acceptors (Lipinski definition) is 3. The van der Waals surface area contributed by atoms with Gasteiger partial charge in [0.2, 0.25) is 0 Å². The predicted octanol–water partition coefficient (Wildman–Crippen LogP) is 2.26. The first kappa shape index (κ1) is 13.3. The molecule has 0 spiro atoms. The summed E-state index contributed by atoms with van der Waals surface area (Å²) in [5, 5.41) is 0.974. The van der Waals surface area contributed by atoms with Gasteiger partial charge in [-0.15, -0.1) is 13.2 Å². The quantitative estimate of drug-likeness (QED) is 0.829. The minimum atomic E-state index is -4.58. The lowest BCUT2D eigenvalue weighted by Gasteiger charge is -2.33. The molecule has 0 aromatic heterocycles. The van der Waals surface area contributed by atoms with Gasteiger partial charge >= 0.3 is 6.36 Å². The smallest absolute Gasteiger partial charge is 0.296 e. The maximum atomic E-state index is 12.0. The zero-order valence-corrected chi connectivity index (χ0v) is 9.86. The number of piperazine rings is 1. The Hall–Kier alpha value is -1.11. The van der Waals surface area contributed by atoms with E-state index in [9.17, 15) is 13.2 Å². The van der Waals surface area contributed by atoms with Crippen LogP contribution in [0.4, 0.5) is 13.2 Å². The van der Waals surface area contributed by atoms with E-state index in [0.717, 1.165) is 11.6 Å². The first-order valence-electron chi connectivity index (χ1n) is 5.80. The number of alkyl halides is 3. The molecule has 100 valence electrons. The molecule has 0 saturated carbocycles. The fraction of sp³-hybridized carbons (Fsp3) is 0.500. The molecule has 0 atom stereocenters. The van der Waals surface area contributed by atoms with E-state index in [0.29, 0.717) is 13.1 Å². The molecule has 0 N–H and O–H groups in total. The van der Waals surface area contributed by atoms with Crippen molar-refractivity contribution in [2.45, 2.75) is 12.9 Å². The van der Waals surface area contributed by atoms with Crippen molar-refractivity contribution in [3.63, 3.8) is 0 Å². The monoisotopic (exact) mass is 260 g/mol. The first-order chi connectivity index (χ1) is 8.53. The van der Waals surface area contributed by atoms with Crippen LogP contribution < -0.4 is 0 Å². The topological polar surface area (TPSA) is 15.7 Å². The van der Waals surface area contributed by atoms with Gasteiger partial charge in [0.25, 0.3) is 0 Å². The predicted molar refractivity (Wildman–Crippen MR) is 60.4 cm³/mol. The van der Waals surface area contributed by atoms with Gasteiger partial charge in [-0.1, -0.05) is 30.3 Å². The molecule has 0 amide bonds. The van der Waals surface area contributed by atoms with E-state index in [1.54, 1.807) is 0 Å². The van der Waals surface area contributed by atoms with Crippen molar-refractivity contribution < 1.29 is 18.0 Å². The average Bonchev–Trinajstić information content (AvgIpc) is 2.31. The van der Waals surface area contributed by atoms with Crippen LogP contribution in [0.3, 0.4) is 0 Å². The summed E-state index contributed by atoms with van der Waals surface area (Å²) < 4.78 is 36.0. The number of benzene rings is 1. The van der Waals surface area contributed by atoms with Crippen LogP contribution in [0.15, 0.2) is 30.3 Å². The second-order valence-corrected chi connectivity index (χ2v) is 4.23. The molecule has 1 aliphatic heterocycles. The molecule has 18 heavy (non-hydrogen) atoms. The lowest BCUT2D eigenvalue weighted by molar-refractivity contribution is -0.417. The molecule has 1 aromatic rings. The highest BCUT2D eigenvalue weighted by atomic mass is 19.4. The first-order valence-corrected chi connectivity index (χ1v) is 5.80.